The van der Waals surface area contributed by atoms with Gasteiger partial charge < -0.3 is 4.74 Å². The maximum atomic E-state index is 5.40. The molecule has 82 valence electrons. The van der Waals surface area contributed by atoms with E-state index >= 15 is 0 Å². The topological polar surface area (TPSA) is 9.23 Å². The maximum absolute atomic E-state index is 5.40. The van der Waals surface area contributed by atoms with Crippen molar-refractivity contribution in [2.24, 2.45) is 17.8 Å². The summed E-state index contributed by atoms with van der Waals surface area (Å²) in [5, 5.41) is 0. The van der Waals surface area contributed by atoms with Crippen molar-refractivity contribution in [2.75, 3.05) is 13.2 Å². The zero-order valence-corrected chi connectivity index (χ0v) is 9.83. The predicted octanol–water partition coefficient (Wildman–Crippen LogP) is 3.65. The summed E-state index contributed by atoms with van der Waals surface area (Å²) < 4.78 is 5.40. The van der Waals surface area contributed by atoms with E-state index in [0.29, 0.717) is 0 Å². The molecule has 1 aliphatic rings. The predicted molar refractivity (Wildman–Crippen MR) is 61.3 cm³/mol. The molecule has 1 fully saturated rings. The smallest absolute Gasteiger partial charge is 0.0497 e. The number of ether oxygens (including phenoxy) is 1. The highest BCUT2D eigenvalue weighted by atomic mass is 16.5. The quantitative estimate of drug-likeness (QED) is 0.610. The molecule has 0 bridgehead atoms. The molecule has 1 rings (SSSR count). The lowest BCUT2D eigenvalue weighted by molar-refractivity contribution is 0.174. The normalized spacial score (nSPS) is 25.0. The molecule has 1 heterocycles. The van der Waals surface area contributed by atoms with E-state index in [1.165, 1.54) is 19.3 Å². The first-order valence-electron chi connectivity index (χ1n) is 5.93. The molecule has 1 nitrogen and oxygen atoms in total. The van der Waals surface area contributed by atoms with Crippen LogP contribution < -0.4 is 0 Å². The van der Waals surface area contributed by atoms with E-state index in [1.807, 2.05) is 0 Å². The molecule has 1 heteroatoms. The second-order valence-electron chi connectivity index (χ2n) is 4.94. The Bertz CT molecular complexity index is 166. The van der Waals surface area contributed by atoms with Crippen LogP contribution in [-0.4, -0.2) is 13.2 Å². The van der Waals surface area contributed by atoms with E-state index < -0.39 is 0 Å². The van der Waals surface area contributed by atoms with E-state index in [4.69, 9.17) is 4.74 Å². The molecule has 2 atom stereocenters. The van der Waals surface area contributed by atoms with Crippen molar-refractivity contribution < 1.29 is 4.74 Å². The molecule has 0 aromatic rings. The number of hydrogen-bond acceptors (Lipinski definition) is 1. The van der Waals surface area contributed by atoms with Gasteiger partial charge >= 0.3 is 0 Å². The lowest BCUT2D eigenvalue weighted by atomic mass is 9.90. The van der Waals surface area contributed by atoms with Gasteiger partial charge in [-0.3, -0.25) is 0 Å². The van der Waals surface area contributed by atoms with Gasteiger partial charge in [-0.1, -0.05) is 32.9 Å². The lowest BCUT2D eigenvalue weighted by Crippen LogP contribution is -2.10. The Hall–Kier alpha value is -0.300. The fraction of sp³-hybridized carbons (Fsp3) is 0.846. The molecule has 0 aromatic carbocycles. The summed E-state index contributed by atoms with van der Waals surface area (Å²) in [6, 6.07) is 0. The van der Waals surface area contributed by atoms with Crippen LogP contribution in [0.2, 0.25) is 0 Å². The van der Waals surface area contributed by atoms with Gasteiger partial charge in [0.25, 0.3) is 0 Å². The number of allylic oxidation sites excluding steroid dienone is 2. The summed E-state index contributed by atoms with van der Waals surface area (Å²) in [5.74, 6) is 2.39. The zero-order chi connectivity index (χ0) is 10.4. The van der Waals surface area contributed by atoms with Crippen molar-refractivity contribution >= 4 is 0 Å². The Balaban J connectivity index is 2.13. The van der Waals surface area contributed by atoms with E-state index in [1.54, 1.807) is 0 Å². The second kappa shape index (κ2) is 6.23. The molecule has 0 amide bonds. The summed E-state index contributed by atoms with van der Waals surface area (Å²) in [4.78, 5) is 0. The van der Waals surface area contributed by atoms with Gasteiger partial charge in [0, 0.05) is 13.2 Å². The molecule has 0 radical (unpaired) electrons. The fourth-order valence-corrected chi connectivity index (χ4v) is 1.87. The highest BCUT2D eigenvalue weighted by Gasteiger charge is 2.20. The molecule has 2 unspecified atom stereocenters. The van der Waals surface area contributed by atoms with Gasteiger partial charge in [0.05, 0.1) is 0 Å². The molecular formula is C13H24O. The Kier molecular flexibility index (Phi) is 5.24. The Morgan fingerprint density at radius 3 is 2.50 bits per heavy atom. The molecule has 1 saturated heterocycles. The first-order valence-corrected chi connectivity index (χ1v) is 5.93. The standard InChI is InChI=1S/C13H24O/c1-11(2)6-4-5-7-12(3)13-8-9-14-10-13/h4-5,11-13H,6-10H2,1-3H3/b5-4+. The van der Waals surface area contributed by atoms with Crippen molar-refractivity contribution in [1.29, 1.82) is 0 Å². The summed E-state index contributed by atoms with van der Waals surface area (Å²) >= 11 is 0. The van der Waals surface area contributed by atoms with Crippen LogP contribution in [0.3, 0.4) is 0 Å². The minimum Gasteiger partial charge on any atom is -0.381 e. The molecule has 0 aliphatic carbocycles. The SMILES string of the molecule is CC(C)C/C=C/CC(C)C1CCOC1. The van der Waals surface area contributed by atoms with Crippen LogP contribution in [0.15, 0.2) is 12.2 Å². The summed E-state index contributed by atoms with van der Waals surface area (Å²) in [6.45, 7) is 8.83. The molecule has 0 saturated carbocycles. The highest BCUT2D eigenvalue weighted by Crippen LogP contribution is 2.24. The molecule has 0 N–H and O–H groups in total. The van der Waals surface area contributed by atoms with Gasteiger partial charge in [0.1, 0.15) is 0 Å². The minimum atomic E-state index is 0.788. The fourth-order valence-electron chi connectivity index (χ4n) is 1.87. The van der Waals surface area contributed by atoms with Gasteiger partial charge in [-0.25, -0.2) is 0 Å². The summed E-state index contributed by atoms with van der Waals surface area (Å²) in [6.07, 6.45) is 8.38. The second-order valence-corrected chi connectivity index (χ2v) is 4.94. The third kappa shape index (κ3) is 4.28. The van der Waals surface area contributed by atoms with Crippen LogP contribution in [0.25, 0.3) is 0 Å². The molecule has 0 spiro atoms. The molecular weight excluding hydrogens is 172 g/mol. The zero-order valence-electron chi connectivity index (χ0n) is 9.83. The van der Waals surface area contributed by atoms with Crippen molar-refractivity contribution in [3.8, 4) is 0 Å². The van der Waals surface area contributed by atoms with Crippen LogP contribution in [0.5, 0.6) is 0 Å². The average molecular weight is 196 g/mol. The summed E-state index contributed by atoms with van der Waals surface area (Å²) in [5.41, 5.74) is 0. The van der Waals surface area contributed by atoms with Crippen molar-refractivity contribution in [3.63, 3.8) is 0 Å². The third-order valence-electron chi connectivity index (χ3n) is 3.05. The first kappa shape index (κ1) is 11.8. The van der Waals surface area contributed by atoms with Gasteiger partial charge in [0.2, 0.25) is 0 Å². The van der Waals surface area contributed by atoms with Crippen LogP contribution in [0.4, 0.5) is 0 Å². The van der Waals surface area contributed by atoms with Crippen LogP contribution in [0, 0.1) is 17.8 Å². The minimum absolute atomic E-state index is 0.788. The molecule has 1 aliphatic heterocycles. The number of hydrogen-bond donors (Lipinski definition) is 0. The van der Waals surface area contributed by atoms with Gasteiger partial charge in [-0.2, -0.15) is 0 Å². The highest BCUT2D eigenvalue weighted by molar-refractivity contribution is 4.86. The monoisotopic (exact) mass is 196 g/mol. The van der Waals surface area contributed by atoms with Gasteiger partial charge in [-0.05, 0) is 37.0 Å². The van der Waals surface area contributed by atoms with Crippen molar-refractivity contribution in [2.45, 2.75) is 40.0 Å². The van der Waals surface area contributed by atoms with Crippen molar-refractivity contribution in [1.82, 2.24) is 0 Å². The molecule has 14 heavy (non-hydrogen) atoms. The number of rotatable bonds is 5. The first-order chi connectivity index (χ1) is 6.70. The van der Waals surface area contributed by atoms with E-state index in [-0.39, 0.29) is 0 Å². The van der Waals surface area contributed by atoms with Gasteiger partial charge in [0.15, 0.2) is 0 Å². The molecule has 0 aromatic heterocycles. The third-order valence-corrected chi connectivity index (χ3v) is 3.05. The van der Waals surface area contributed by atoms with Crippen molar-refractivity contribution in [3.05, 3.63) is 12.2 Å². The van der Waals surface area contributed by atoms with E-state index in [2.05, 4.69) is 32.9 Å². The Morgan fingerprint density at radius 1 is 1.21 bits per heavy atom. The largest absolute Gasteiger partial charge is 0.381 e. The Labute approximate surface area is 88.5 Å². The van der Waals surface area contributed by atoms with Crippen LogP contribution in [-0.2, 0) is 4.74 Å². The van der Waals surface area contributed by atoms with Crippen LogP contribution in [0.1, 0.15) is 40.0 Å². The van der Waals surface area contributed by atoms with E-state index in [9.17, 15) is 0 Å². The van der Waals surface area contributed by atoms with Crippen LogP contribution >= 0.6 is 0 Å². The van der Waals surface area contributed by atoms with E-state index in [0.717, 1.165) is 31.0 Å². The maximum Gasteiger partial charge on any atom is 0.0497 e. The Morgan fingerprint density at radius 2 is 1.93 bits per heavy atom. The lowest BCUT2D eigenvalue weighted by Gasteiger charge is -2.14. The van der Waals surface area contributed by atoms with Gasteiger partial charge in [-0.15, -0.1) is 0 Å². The average Bonchev–Trinajstić information content (AvgIpc) is 2.64. The summed E-state index contributed by atoms with van der Waals surface area (Å²) in [7, 11) is 0.